The van der Waals surface area contributed by atoms with E-state index < -0.39 is 0 Å². The molecule has 1 fully saturated rings. The molecule has 1 saturated carbocycles. The third-order valence-corrected chi connectivity index (χ3v) is 2.33. The smallest absolute Gasteiger partial charge is 0.225 e. The van der Waals surface area contributed by atoms with Crippen LogP contribution < -0.4 is 5.73 Å². The molecule has 12 heavy (non-hydrogen) atoms. The molecule has 3 heteroatoms. The Bertz CT molecular complexity index is 287. The van der Waals surface area contributed by atoms with Gasteiger partial charge in [0.25, 0.3) is 0 Å². The lowest BCUT2D eigenvalue weighted by Gasteiger charge is -2.03. The Balaban J connectivity index is 2.39. The summed E-state index contributed by atoms with van der Waals surface area (Å²) in [5.41, 5.74) is 7.90. The minimum absolute atomic E-state index is 0.423. The van der Waals surface area contributed by atoms with Crippen LogP contribution in [0.25, 0.3) is 0 Å². The molecule has 0 saturated heterocycles. The summed E-state index contributed by atoms with van der Waals surface area (Å²) in [6.45, 7) is 4.24. The van der Waals surface area contributed by atoms with Crippen LogP contribution in [-0.4, -0.2) is 5.16 Å². The van der Waals surface area contributed by atoms with Gasteiger partial charge >= 0.3 is 0 Å². The lowest BCUT2D eigenvalue weighted by Crippen LogP contribution is -1.95. The average molecular weight is 166 g/mol. The van der Waals surface area contributed by atoms with E-state index in [1.165, 1.54) is 12.8 Å². The van der Waals surface area contributed by atoms with Gasteiger partial charge in [-0.3, -0.25) is 0 Å². The fourth-order valence-corrected chi connectivity index (χ4v) is 1.55. The third-order valence-electron chi connectivity index (χ3n) is 2.33. The van der Waals surface area contributed by atoms with Crippen molar-refractivity contribution in [2.75, 3.05) is 5.73 Å². The SMILES string of the molecule is CC(C)c1c(C2CC2)noc1N. The predicted octanol–water partition coefficient (Wildman–Crippen LogP) is 2.26. The van der Waals surface area contributed by atoms with Gasteiger partial charge in [-0.1, -0.05) is 19.0 Å². The molecule has 0 radical (unpaired) electrons. The minimum atomic E-state index is 0.423. The number of rotatable bonds is 2. The summed E-state index contributed by atoms with van der Waals surface area (Å²) in [7, 11) is 0. The van der Waals surface area contributed by atoms with E-state index in [4.69, 9.17) is 10.3 Å². The van der Waals surface area contributed by atoms with Gasteiger partial charge in [0.1, 0.15) is 0 Å². The Morgan fingerprint density at radius 2 is 2.17 bits per heavy atom. The minimum Gasteiger partial charge on any atom is -0.367 e. The van der Waals surface area contributed by atoms with Crippen LogP contribution in [-0.2, 0) is 0 Å². The molecule has 1 aliphatic carbocycles. The van der Waals surface area contributed by atoms with Crippen LogP contribution >= 0.6 is 0 Å². The van der Waals surface area contributed by atoms with Crippen LogP contribution in [0.3, 0.4) is 0 Å². The highest BCUT2D eigenvalue weighted by Gasteiger charge is 2.31. The lowest BCUT2D eigenvalue weighted by molar-refractivity contribution is 0.427. The molecule has 0 atom stereocenters. The summed E-state index contributed by atoms with van der Waals surface area (Å²) in [6, 6.07) is 0. The normalized spacial score (nSPS) is 17.2. The maximum atomic E-state index is 5.68. The first-order valence-corrected chi connectivity index (χ1v) is 4.45. The van der Waals surface area contributed by atoms with Crippen LogP contribution in [0.1, 0.15) is 49.8 Å². The standard InChI is InChI=1S/C9H14N2O/c1-5(2)7-8(6-3-4-6)11-12-9(7)10/h5-6H,3-4,10H2,1-2H3. The largest absolute Gasteiger partial charge is 0.367 e. The topological polar surface area (TPSA) is 52.0 Å². The van der Waals surface area contributed by atoms with Crippen molar-refractivity contribution in [1.82, 2.24) is 5.16 Å². The number of aromatic nitrogens is 1. The molecule has 2 N–H and O–H groups in total. The molecule has 0 aromatic carbocycles. The summed E-state index contributed by atoms with van der Waals surface area (Å²) >= 11 is 0. The van der Waals surface area contributed by atoms with Crippen molar-refractivity contribution < 1.29 is 4.52 Å². The van der Waals surface area contributed by atoms with Crippen molar-refractivity contribution in [1.29, 1.82) is 0 Å². The molecule has 0 amide bonds. The summed E-state index contributed by atoms with van der Waals surface area (Å²) in [6.07, 6.45) is 2.48. The average Bonchev–Trinajstić information content (AvgIpc) is 2.75. The second-order valence-corrected chi connectivity index (χ2v) is 3.77. The van der Waals surface area contributed by atoms with Crippen molar-refractivity contribution in [2.24, 2.45) is 0 Å². The molecule has 1 aliphatic rings. The van der Waals surface area contributed by atoms with Gasteiger partial charge in [0, 0.05) is 11.5 Å². The first-order chi connectivity index (χ1) is 5.70. The van der Waals surface area contributed by atoms with Crippen LogP contribution in [0, 0.1) is 0 Å². The van der Waals surface area contributed by atoms with E-state index in [1.807, 2.05) is 0 Å². The Labute approximate surface area is 71.9 Å². The number of nitrogen functional groups attached to an aromatic ring is 1. The molecule has 0 bridgehead atoms. The van der Waals surface area contributed by atoms with Crippen molar-refractivity contribution in [3.8, 4) is 0 Å². The first kappa shape index (κ1) is 7.65. The van der Waals surface area contributed by atoms with Crippen LogP contribution in [0.15, 0.2) is 4.52 Å². The van der Waals surface area contributed by atoms with Crippen molar-refractivity contribution in [3.05, 3.63) is 11.3 Å². The van der Waals surface area contributed by atoms with Crippen LogP contribution in [0.2, 0.25) is 0 Å². The zero-order valence-corrected chi connectivity index (χ0v) is 7.50. The van der Waals surface area contributed by atoms with Gasteiger partial charge in [-0.2, -0.15) is 0 Å². The lowest BCUT2D eigenvalue weighted by atomic mass is 10.0. The van der Waals surface area contributed by atoms with Gasteiger partial charge in [0.2, 0.25) is 5.88 Å². The maximum absolute atomic E-state index is 5.68. The van der Waals surface area contributed by atoms with Crippen molar-refractivity contribution in [3.63, 3.8) is 0 Å². The molecule has 1 aromatic rings. The molecule has 1 heterocycles. The Hall–Kier alpha value is -0.990. The van der Waals surface area contributed by atoms with Gasteiger partial charge in [-0.25, -0.2) is 0 Å². The highest BCUT2D eigenvalue weighted by molar-refractivity contribution is 5.43. The van der Waals surface area contributed by atoms with Gasteiger partial charge in [-0.05, 0) is 18.8 Å². The Morgan fingerprint density at radius 1 is 1.50 bits per heavy atom. The van der Waals surface area contributed by atoms with E-state index in [-0.39, 0.29) is 0 Å². The second kappa shape index (κ2) is 2.51. The highest BCUT2D eigenvalue weighted by atomic mass is 16.5. The Morgan fingerprint density at radius 3 is 2.67 bits per heavy atom. The van der Waals surface area contributed by atoms with Gasteiger partial charge in [0.15, 0.2) is 0 Å². The van der Waals surface area contributed by atoms with Crippen molar-refractivity contribution >= 4 is 5.88 Å². The molecule has 0 aliphatic heterocycles. The predicted molar refractivity (Wildman–Crippen MR) is 47.0 cm³/mol. The van der Waals surface area contributed by atoms with E-state index in [0.29, 0.717) is 17.7 Å². The molecule has 3 nitrogen and oxygen atoms in total. The van der Waals surface area contributed by atoms with E-state index in [9.17, 15) is 0 Å². The summed E-state index contributed by atoms with van der Waals surface area (Å²) in [5, 5.41) is 4.00. The molecule has 2 rings (SSSR count). The number of hydrogen-bond acceptors (Lipinski definition) is 3. The molecule has 0 unspecified atom stereocenters. The van der Waals surface area contributed by atoms with Crippen LogP contribution in [0.5, 0.6) is 0 Å². The molecular weight excluding hydrogens is 152 g/mol. The van der Waals surface area contributed by atoms with Gasteiger partial charge in [-0.15, -0.1) is 0 Å². The number of nitrogens with zero attached hydrogens (tertiary/aromatic N) is 1. The fraction of sp³-hybridized carbons (Fsp3) is 0.667. The van der Waals surface area contributed by atoms with Crippen molar-refractivity contribution in [2.45, 2.75) is 38.5 Å². The highest BCUT2D eigenvalue weighted by Crippen LogP contribution is 2.44. The zero-order valence-electron chi connectivity index (χ0n) is 7.50. The summed E-state index contributed by atoms with van der Waals surface area (Å²) in [5.74, 6) is 1.56. The first-order valence-electron chi connectivity index (χ1n) is 4.45. The fourth-order valence-electron chi connectivity index (χ4n) is 1.55. The quantitative estimate of drug-likeness (QED) is 0.733. The van der Waals surface area contributed by atoms with Crippen LogP contribution in [0.4, 0.5) is 5.88 Å². The van der Waals surface area contributed by atoms with E-state index >= 15 is 0 Å². The number of hydrogen-bond donors (Lipinski definition) is 1. The number of anilines is 1. The monoisotopic (exact) mass is 166 g/mol. The van der Waals surface area contributed by atoms with Gasteiger partial charge in [0.05, 0.1) is 5.69 Å². The van der Waals surface area contributed by atoms with E-state index in [2.05, 4.69) is 19.0 Å². The molecule has 0 spiro atoms. The van der Waals surface area contributed by atoms with E-state index in [0.717, 1.165) is 11.3 Å². The third kappa shape index (κ3) is 1.09. The summed E-state index contributed by atoms with van der Waals surface area (Å²) < 4.78 is 4.99. The number of nitrogens with two attached hydrogens (primary N) is 1. The molecule has 66 valence electrons. The second-order valence-electron chi connectivity index (χ2n) is 3.77. The summed E-state index contributed by atoms with van der Waals surface area (Å²) in [4.78, 5) is 0. The maximum Gasteiger partial charge on any atom is 0.225 e. The zero-order chi connectivity index (χ0) is 8.72. The van der Waals surface area contributed by atoms with Gasteiger partial charge < -0.3 is 10.3 Å². The molecular formula is C9H14N2O. The molecule has 1 aromatic heterocycles. The van der Waals surface area contributed by atoms with E-state index in [1.54, 1.807) is 0 Å². The Kier molecular flexibility index (Phi) is 1.60.